The lowest BCUT2D eigenvalue weighted by molar-refractivity contribution is 0.479. The van der Waals surface area contributed by atoms with Crippen molar-refractivity contribution in [2.45, 2.75) is 26.8 Å². The fraction of sp³-hybridized carbons (Fsp3) is 0.500. The van der Waals surface area contributed by atoms with Crippen LogP contribution in [0.15, 0.2) is 24.3 Å². The van der Waals surface area contributed by atoms with Gasteiger partial charge in [-0.2, -0.15) is 0 Å². The maximum absolute atomic E-state index is 13.3. The zero-order chi connectivity index (χ0) is 10.6. The molecule has 1 atom stereocenters. The summed E-state index contributed by atoms with van der Waals surface area (Å²) >= 11 is 0. The van der Waals surface area contributed by atoms with Crippen molar-refractivity contribution >= 4 is 0 Å². The molecular weight excluding hydrogens is 177 g/mol. The van der Waals surface area contributed by atoms with E-state index >= 15 is 0 Å². The zero-order valence-electron chi connectivity index (χ0n) is 9.05. The predicted octanol–water partition coefficient (Wildman–Crippen LogP) is 3.13. The summed E-state index contributed by atoms with van der Waals surface area (Å²) in [6, 6.07) is 6.99. The van der Waals surface area contributed by atoms with Crippen molar-refractivity contribution in [1.29, 1.82) is 0 Å². The molecule has 0 fully saturated rings. The lowest BCUT2D eigenvalue weighted by Gasteiger charge is -2.16. The molecule has 0 saturated carbocycles. The standard InChI is InChI=1S/C12H18FN/c1-9(2)8-14-10(3)11-6-4-5-7-12(11)13/h4-7,9-10,14H,8H2,1-3H3. The largest absolute Gasteiger partial charge is 0.310 e. The first kappa shape index (κ1) is 11.2. The van der Waals surface area contributed by atoms with Crippen LogP contribution in [0.1, 0.15) is 32.4 Å². The van der Waals surface area contributed by atoms with Crippen molar-refractivity contribution in [3.05, 3.63) is 35.6 Å². The van der Waals surface area contributed by atoms with Crippen LogP contribution in [0.25, 0.3) is 0 Å². The molecule has 0 radical (unpaired) electrons. The van der Waals surface area contributed by atoms with E-state index in [2.05, 4.69) is 19.2 Å². The Morgan fingerprint density at radius 1 is 1.21 bits per heavy atom. The molecule has 2 heteroatoms. The van der Waals surface area contributed by atoms with Crippen LogP contribution < -0.4 is 5.32 Å². The van der Waals surface area contributed by atoms with Crippen LogP contribution in [0.3, 0.4) is 0 Å². The highest BCUT2D eigenvalue weighted by Crippen LogP contribution is 2.15. The van der Waals surface area contributed by atoms with E-state index in [1.807, 2.05) is 19.1 Å². The van der Waals surface area contributed by atoms with E-state index in [0.29, 0.717) is 5.92 Å². The Morgan fingerprint density at radius 2 is 1.86 bits per heavy atom. The predicted molar refractivity (Wildman–Crippen MR) is 57.7 cm³/mol. The van der Waals surface area contributed by atoms with Gasteiger partial charge in [0.15, 0.2) is 0 Å². The van der Waals surface area contributed by atoms with Crippen molar-refractivity contribution in [3.8, 4) is 0 Å². The quantitative estimate of drug-likeness (QED) is 0.778. The molecule has 0 spiro atoms. The summed E-state index contributed by atoms with van der Waals surface area (Å²) in [4.78, 5) is 0. The Morgan fingerprint density at radius 3 is 2.43 bits per heavy atom. The lowest BCUT2D eigenvalue weighted by atomic mass is 10.1. The molecule has 78 valence electrons. The van der Waals surface area contributed by atoms with E-state index < -0.39 is 0 Å². The fourth-order valence-electron chi connectivity index (χ4n) is 1.35. The highest BCUT2D eigenvalue weighted by molar-refractivity contribution is 5.20. The highest BCUT2D eigenvalue weighted by atomic mass is 19.1. The molecule has 0 aliphatic heterocycles. The van der Waals surface area contributed by atoms with Crippen LogP contribution in [0.5, 0.6) is 0 Å². The van der Waals surface area contributed by atoms with Crippen molar-refractivity contribution in [1.82, 2.24) is 5.32 Å². The van der Waals surface area contributed by atoms with Gasteiger partial charge in [-0.1, -0.05) is 32.0 Å². The molecule has 1 rings (SSSR count). The molecule has 0 bridgehead atoms. The van der Waals surface area contributed by atoms with Gasteiger partial charge in [-0.15, -0.1) is 0 Å². The van der Waals surface area contributed by atoms with Gasteiger partial charge in [0.2, 0.25) is 0 Å². The summed E-state index contributed by atoms with van der Waals surface area (Å²) in [7, 11) is 0. The van der Waals surface area contributed by atoms with Gasteiger partial charge >= 0.3 is 0 Å². The second kappa shape index (κ2) is 5.11. The summed E-state index contributed by atoms with van der Waals surface area (Å²) in [5.74, 6) is 0.459. The maximum Gasteiger partial charge on any atom is 0.127 e. The first-order valence-electron chi connectivity index (χ1n) is 5.09. The average molecular weight is 195 g/mol. The zero-order valence-corrected chi connectivity index (χ0v) is 9.05. The number of nitrogens with one attached hydrogen (secondary N) is 1. The lowest BCUT2D eigenvalue weighted by Crippen LogP contribution is -2.23. The third-order valence-corrected chi connectivity index (χ3v) is 2.20. The third-order valence-electron chi connectivity index (χ3n) is 2.20. The molecular formula is C12H18FN. The second-order valence-corrected chi connectivity index (χ2v) is 4.05. The minimum Gasteiger partial charge on any atom is -0.310 e. The van der Waals surface area contributed by atoms with Crippen LogP contribution >= 0.6 is 0 Å². The molecule has 1 unspecified atom stereocenters. The normalized spacial score (nSPS) is 13.2. The maximum atomic E-state index is 13.3. The highest BCUT2D eigenvalue weighted by Gasteiger charge is 2.09. The minimum atomic E-state index is -0.128. The molecule has 1 aromatic carbocycles. The van der Waals surface area contributed by atoms with Gasteiger partial charge in [0, 0.05) is 11.6 Å². The SMILES string of the molecule is CC(C)CNC(C)c1ccccc1F. The van der Waals surface area contributed by atoms with Crippen molar-refractivity contribution < 1.29 is 4.39 Å². The van der Waals surface area contributed by atoms with Crippen LogP contribution in [-0.4, -0.2) is 6.54 Å². The summed E-state index contributed by atoms with van der Waals surface area (Å²) < 4.78 is 13.3. The monoisotopic (exact) mass is 195 g/mol. The molecule has 0 aliphatic carbocycles. The van der Waals surface area contributed by atoms with Gasteiger partial charge in [-0.05, 0) is 25.5 Å². The Bertz CT molecular complexity index is 283. The Labute approximate surface area is 85.3 Å². The Kier molecular flexibility index (Phi) is 4.08. The van der Waals surface area contributed by atoms with Gasteiger partial charge in [-0.25, -0.2) is 4.39 Å². The second-order valence-electron chi connectivity index (χ2n) is 4.05. The molecule has 0 aliphatic rings. The van der Waals surface area contributed by atoms with E-state index in [1.165, 1.54) is 6.07 Å². The first-order chi connectivity index (χ1) is 6.61. The van der Waals surface area contributed by atoms with Gasteiger partial charge in [0.05, 0.1) is 0 Å². The molecule has 1 N–H and O–H groups in total. The van der Waals surface area contributed by atoms with Crippen LogP contribution in [0, 0.1) is 11.7 Å². The summed E-state index contributed by atoms with van der Waals surface area (Å²) in [6.07, 6.45) is 0. The topological polar surface area (TPSA) is 12.0 Å². The van der Waals surface area contributed by atoms with Crippen LogP contribution in [-0.2, 0) is 0 Å². The third kappa shape index (κ3) is 3.11. The molecule has 0 aromatic heterocycles. The van der Waals surface area contributed by atoms with Gasteiger partial charge in [-0.3, -0.25) is 0 Å². The van der Waals surface area contributed by atoms with Gasteiger partial charge < -0.3 is 5.32 Å². The van der Waals surface area contributed by atoms with E-state index in [-0.39, 0.29) is 11.9 Å². The van der Waals surface area contributed by atoms with Gasteiger partial charge in [0.25, 0.3) is 0 Å². The Hall–Kier alpha value is -0.890. The number of hydrogen-bond donors (Lipinski definition) is 1. The van der Waals surface area contributed by atoms with Crippen molar-refractivity contribution in [2.75, 3.05) is 6.54 Å². The molecule has 1 nitrogen and oxygen atoms in total. The fourth-order valence-corrected chi connectivity index (χ4v) is 1.35. The number of benzene rings is 1. The smallest absolute Gasteiger partial charge is 0.127 e. The molecule has 0 saturated heterocycles. The van der Waals surface area contributed by atoms with E-state index in [0.717, 1.165) is 12.1 Å². The average Bonchev–Trinajstić information content (AvgIpc) is 2.15. The van der Waals surface area contributed by atoms with E-state index in [4.69, 9.17) is 0 Å². The van der Waals surface area contributed by atoms with Crippen molar-refractivity contribution in [3.63, 3.8) is 0 Å². The minimum absolute atomic E-state index is 0.0820. The summed E-state index contributed by atoms with van der Waals surface area (Å²) in [5, 5.41) is 3.30. The molecule has 14 heavy (non-hydrogen) atoms. The number of rotatable bonds is 4. The van der Waals surface area contributed by atoms with E-state index in [9.17, 15) is 4.39 Å². The first-order valence-corrected chi connectivity index (χ1v) is 5.09. The van der Waals surface area contributed by atoms with Crippen molar-refractivity contribution in [2.24, 2.45) is 5.92 Å². The molecule has 1 aromatic rings. The summed E-state index contributed by atoms with van der Waals surface area (Å²) in [6.45, 7) is 7.18. The van der Waals surface area contributed by atoms with Gasteiger partial charge in [0.1, 0.15) is 5.82 Å². The number of hydrogen-bond acceptors (Lipinski definition) is 1. The van der Waals surface area contributed by atoms with Crippen LogP contribution in [0.2, 0.25) is 0 Å². The van der Waals surface area contributed by atoms with E-state index in [1.54, 1.807) is 6.07 Å². The molecule has 0 amide bonds. The molecule has 0 heterocycles. The van der Waals surface area contributed by atoms with Crippen LogP contribution in [0.4, 0.5) is 4.39 Å². The summed E-state index contributed by atoms with van der Waals surface area (Å²) in [5.41, 5.74) is 0.744. The number of halogens is 1. The Balaban J connectivity index is 2.60.